The van der Waals surface area contributed by atoms with Crippen LogP contribution in [0.5, 0.6) is 0 Å². The topological polar surface area (TPSA) is 65.5 Å². The van der Waals surface area contributed by atoms with Crippen molar-refractivity contribution in [3.8, 4) is 0 Å². The van der Waals surface area contributed by atoms with E-state index in [-0.39, 0.29) is 18.1 Å². The minimum Gasteiger partial charge on any atom is -0.396 e. The van der Waals surface area contributed by atoms with Crippen LogP contribution in [0, 0.1) is 12.3 Å². The Labute approximate surface area is 121 Å². The zero-order chi connectivity index (χ0) is 15.2. The molecule has 5 nitrogen and oxygen atoms in total. The first-order chi connectivity index (χ1) is 9.33. The van der Waals surface area contributed by atoms with Crippen LogP contribution in [0.15, 0.2) is 18.5 Å². The lowest BCUT2D eigenvalue weighted by Crippen LogP contribution is -2.41. The molecule has 0 aliphatic rings. The van der Waals surface area contributed by atoms with Crippen molar-refractivity contribution < 1.29 is 9.90 Å². The quantitative estimate of drug-likeness (QED) is 0.871. The highest BCUT2D eigenvalue weighted by molar-refractivity contribution is 5.90. The minimum atomic E-state index is -0.136. The Balaban J connectivity index is 2.75. The summed E-state index contributed by atoms with van der Waals surface area (Å²) in [5.74, 6) is 0. The first kappa shape index (κ1) is 16.4. The van der Waals surface area contributed by atoms with Gasteiger partial charge in [-0.2, -0.15) is 0 Å². The Hall–Kier alpha value is -1.62. The molecule has 0 aromatic carbocycles. The predicted octanol–water partition coefficient (Wildman–Crippen LogP) is 2.65. The number of nitrogens with zero attached hydrogens (tertiary/aromatic N) is 2. The second-order valence-corrected chi connectivity index (χ2v) is 6.18. The average Bonchev–Trinajstić information content (AvgIpc) is 2.36. The van der Waals surface area contributed by atoms with Crippen molar-refractivity contribution in [2.75, 3.05) is 25.0 Å². The van der Waals surface area contributed by atoms with E-state index in [2.05, 4.69) is 31.1 Å². The molecule has 1 aromatic heterocycles. The van der Waals surface area contributed by atoms with E-state index < -0.39 is 0 Å². The number of carbonyl (C=O) groups excluding carboxylic acids is 1. The van der Waals surface area contributed by atoms with Gasteiger partial charge < -0.3 is 15.3 Å². The zero-order valence-electron chi connectivity index (χ0n) is 12.8. The normalized spacial score (nSPS) is 11.2. The third-order valence-corrected chi connectivity index (χ3v) is 2.80. The van der Waals surface area contributed by atoms with Crippen LogP contribution in [-0.2, 0) is 0 Å². The van der Waals surface area contributed by atoms with Gasteiger partial charge in [0.15, 0.2) is 0 Å². The first-order valence-electron chi connectivity index (χ1n) is 6.91. The number of amides is 2. The van der Waals surface area contributed by atoms with Crippen LogP contribution in [-0.4, -0.2) is 40.7 Å². The standard InChI is InChI=1S/C15H25N3O2/c1-12-10-16-7-6-13(12)17-14(20)18(8-5-9-19)11-15(2,3)4/h6-7,10,19H,5,8-9,11H2,1-4H3,(H,16,17,20). The summed E-state index contributed by atoms with van der Waals surface area (Å²) < 4.78 is 0. The minimum absolute atomic E-state index is 0.0140. The zero-order valence-corrected chi connectivity index (χ0v) is 12.8. The molecule has 2 N–H and O–H groups in total. The van der Waals surface area contributed by atoms with Gasteiger partial charge in [0.05, 0.1) is 0 Å². The number of urea groups is 1. The van der Waals surface area contributed by atoms with Gasteiger partial charge in [0.2, 0.25) is 0 Å². The molecule has 2 amide bonds. The van der Waals surface area contributed by atoms with Crippen LogP contribution in [0.4, 0.5) is 10.5 Å². The monoisotopic (exact) mass is 279 g/mol. The van der Waals surface area contributed by atoms with E-state index in [1.165, 1.54) is 0 Å². The summed E-state index contributed by atoms with van der Waals surface area (Å²) in [5, 5.41) is 11.9. The summed E-state index contributed by atoms with van der Waals surface area (Å²) in [6.45, 7) is 9.44. The number of aliphatic hydroxyl groups is 1. The lowest BCUT2D eigenvalue weighted by Gasteiger charge is -2.30. The third kappa shape index (κ3) is 5.57. The molecule has 1 rings (SSSR count). The van der Waals surface area contributed by atoms with Gasteiger partial charge in [-0.3, -0.25) is 4.98 Å². The Morgan fingerprint density at radius 2 is 2.15 bits per heavy atom. The van der Waals surface area contributed by atoms with E-state index in [9.17, 15) is 4.79 Å². The van der Waals surface area contributed by atoms with Gasteiger partial charge in [-0.25, -0.2) is 4.79 Å². The molecule has 5 heteroatoms. The number of aliphatic hydroxyl groups excluding tert-OH is 1. The molecular weight excluding hydrogens is 254 g/mol. The first-order valence-corrected chi connectivity index (χ1v) is 6.91. The molecule has 0 bridgehead atoms. The van der Waals surface area contributed by atoms with Crippen molar-refractivity contribution in [1.82, 2.24) is 9.88 Å². The van der Waals surface area contributed by atoms with E-state index in [1.54, 1.807) is 23.4 Å². The van der Waals surface area contributed by atoms with Gasteiger partial charge in [-0.05, 0) is 30.4 Å². The predicted molar refractivity (Wildman–Crippen MR) is 80.7 cm³/mol. The smallest absolute Gasteiger partial charge is 0.321 e. The third-order valence-electron chi connectivity index (χ3n) is 2.80. The molecule has 0 radical (unpaired) electrons. The summed E-state index contributed by atoms with van der Waals surface area (Å²) in [5.41, 5.74) is 1.71. The summed E-state index contributed by atoms with van der Waals surface area (Å²) in [7, 11) is 0. The van der Waals surface area contributed by atoms with Crippen LogP contribution < -0.4 is 5.32 Å². The molecule has 1 heterocycles. The summed E-state index contributed by atoms with van der Waals surface area (Å²) >= 11 is 0. The molecule has 1 aromatic rings. The Morgan fingerprint density at radius 1 is 1.45 bits per heavy atom. The molecule has 0 spiro atoms. The van der Waals surface area contributed by atoms with Crippen molar-refractivity contribution in [1.29, 1.82) is 0 Å². The van der Waals surface area contributed by atoms with Gasteiger partial charge in [-0.15, -0.1) is 0 Å². The number of rotatable bonds is 5. The lowest BCUT2D eigenvalue weighted by molar-refractivity contribution is 0.176. The second-order valence-electron chi connectivity index (χ2n) is 6.18. The highest BCUT2D eigenvalue weighted by atomic mass is 16.3. The lowest BCUT2D eigenvalue weighted by atomic mass is 9.96. The Bertz CT molecular complexity index is 441. The van der Waals surface area contributed by atoms with E-state index in [0.717, 1.165) is 11.3 Å². The molecule has 0 aliphatic carbocycles. The van der Waals surface area contributed by atoms with Crippen molar-refractivity contribution in [2.45, 2.75) is 34.1 Å². The van der Waals surface area contributed by atoms with Crippen molar-refractivity contribution in [3.05, 3.63) is 24.0 Å². The van der Waals surface area contributed by atoms with Crippen LogP contribution in [0.3, 0.4) is 0 Å². The number of hydrogen-bond acceptors (Lipinski definition) is 3. The van der Waals surface area contributed by atoms with E-state index in [1.807, 2.05) is 6.92 Å². The van der Waals surface area contributed by atoms with E-state index >= 15 is 0 Å². The molecule has 0 fully saturated rings. The molecule has 20 heavy (non-hydrogen) atoms. The highest BCUT2D eigenvalue weighted by Gasteiger charge is 2.21. The van der Waals surface area contributed by atoms with E-state index in [0.29, 0.717) is 19.5 Å². The Morgan fingerprint density at radius 3 is 2.70 bits per heavy atom. The summed E-state index contributed by atoms with van der Waals surface area (Å²) in [4.78, 5) is 18.1. The second kappa shape index (κ2) is 7.24. The van der Waals surface area contributed by atoms with Gasteiger partial charge in [0, 0.05) is 37.8 Å². The Kier molecular flexibility index (Phi) is 5.95. The largest absolute Gasteiger partial charge is 0.396 e. The molecule has 0 aliphatic heterocycles. The van der Waals surface area contributed by atoms with Crippen molar-refractivity contribution in [3.63, 3.8) is 0 Å². The van der Waals surface area contributed by atoms with Gasteiger partial charge in [0.25, 0.3) is 0 Å². The van der Waals surface area contributed by atoms with Gasteiger partial charge in [0.1, 0.15) is 0 Å². The number of anilines is 1. The maximum absolute atomic E-state index is 12.4. The number of aromatic nitrogens is 1. The number of carbonyl (C=O) groups is 1. The van der Waals surface area contributed by atoms with Gasteiger partial charge >= 0.3 is 6.03 Å². The highest BCUT2D eigenvalue weighted by Crippen LogP contribution is 2.18. The van der Waals surface area contributed by atoms with Crippen LogP contribution in [0.1, 0.15) is 32.8 Å². The van der Waals surface area contributed by atoms with Crippen LogP contribution in [0.2, 0.25) is 0 Å². The van der Waals surface area contributed by atoms with E-state index in [4.69, 9.17) is 5.11 Å². The maximum atomic E-state index is 12.4. The van der Waals surface area contributed by atoms with Gasteiger partial charge in [-0.1, -0.05) is 20.8 Å². The summed E-state index contributed by atoms with van der Waals surface area (Å²) in [6.07, 6.45) is 3.96. The molecular formula is C15H25N3O2. The number of hydrogen-bond donors (Lipinski definition) is 2. The number of pyridine rings is 1. The van der Waals surface area contributed by atoms with Crippen LogP contribution >= 0.6 is 0 Å². The SMILES string of the molecule is Cc1cnccc1NC(=O)N(CCCO)CC(C)(C)C. The fourth-order valence-electron chi connectivity index (χ4n) is 1.89. The summed E-state index contributed by atoms with van der Waals surface area (Å²) in [6, 6.07) is 1.65. The fraction of sp³-hybridized carbons (Fsp3) is 0.600. The maximum Gasteiger partial charge on any atom is 0.321 e. The van der Waals surface area contributed by atoms with Crippen LogP contribution in [0.25, 0.3) is 0 Å². The van der Waals surface area contributed by atoms with Crippen molar-refractivity contribution in [2.24, 2.45) is 5.41 Å². The van der Waals surface area contributed by atoms with Crippen molar-refractivity contribution >= 4 is 11.7 Å². The molecule has 112 valence electrons. The average molecular weight is 279 g/mol. The molecule has 0 saturated heterocycles. The molecule has 0 atom stereocenters. The number of aryl methyl sites for hydroxylation is 1. The molecule has 0 saturated carbocycles. The number of nitrogens with one attached hydrogen (secondary N) is 1. The fourth-order valence-corrected chi connectivity index (χ4v) is 1.89. The molecule has 0 unspecified atom stereocenters.